The predicted octanol–water partition coefficient (Wildman–Crippen LogP) is 10.8. The van der Waals surface area contributed by atoms with Crippen molar-refractivity contribution < 1.29 is 8.98 Å². The van der Waals surface area contributed by atoms with Crippen LogP contribution in [0.15, 0.2) is 95.5 Å². The highest BCUT2D eigenvalue weighted by Gasteiger charge is 2.24. The molecule has 4 aromatic carbocycles. The molecule has 0 aliphatic heterocycles. The van der Waals surface area contributed by atoms with Crippen molar-refractivity contribution in [2.45, 2.75) is 65.7 Å². The van der Waals surface area contributed by atoms with Gasteiger partial charge in [-0.3, -0.25) is 0 Å². The quantitative estimate of drug-likeness (QED) is 0.188. The SMILES string of the molecule is Cc1ccc2c(oc3c(-c4ccc(-c5ccc(C6CCCC6)cc5)cc4)c(C#N)ccc32)c1-c1cc(CC(C)(C)C)cc[n+]1C. The Bertz CT molecular complexity index is 2080. The van der Waals surface area contributed by atoms with Crippen LogP contribution in [0.4, 0.5) is 0 Å². The number of rotatable bonds is 5. The number of furan rings is 1. The molecular weight excluding hydrogens is 548 g/mol. The van der Waals surface area contributed by atoms with Gasteiger partial charge in [0.05, 0.1) is 17.2 Å². The summed E-state index contributed by atoms with van der Waals surface area (Å²) < 4.78 is 9.04. The Kier molecular flexibility index (Phi) is 7.33. The van der Waals surface area contributed by atoms with Crippen LogP contribution in [0.2, 0.25) is 0 Å². The topological polar surface area (TPSA) is 40.8 Å². The van der Waals surface area contributed by atoms with Crippen molar-refractivity contribution in [1.29, 1.82) is 5.26 Å². The molecule has 0 N–H and O–H groups in total. The molecule has 0 bridgehead atoms. The number of hydrogen-bond acceptors (Lipinski definition) is 2. The summed E-state index contributed by atoms with van der Waals surface area (Å²) in [5.74, 6) is 0.717. The molecule has 7 rings (SSSR count). The Morgan fingerprint density at radius 2 is 1.38 bits per heavy atom. The molecule has 2 heterocycles. The van der Waals surface area contributed by atoms with Crippen molar-refractivity contribution in [3.63, 3.8) is 0 Å². The molecule has 1 aliphatic rings. The van der Waals surface area contributed by atoms with Crippen molar-refractivity contribution in [3.05, 3.63) is 113 Å². The van der Waals surface area contributed by atoms with E-state index in [1.54, 1.807) is 0 Å². The van der Waals surface area contributed by atoms with E-state index in [0.29, 0.717) is 5.56 Å². The van der Waals surface area contributed by atoms with Gasteiger partial charge >= 0.3 is 0 Å². The summed E-state index contributed by atoms with van der Waals surface area (Å²) in [4.78, 5) is 0. The minimum atomic E-state index is 0.189. The molecule has 0 radical (unpaired) electrons. The molecule has 0 atom stereocenters. The third kappa shape index (κ3) is 5.44. The second-order valence-corrected chi connectivity index (χ2v) is 14.2. The van der Waals surface area contributed by atoms with Crippen molar-refractivity contribution in [2.75, 3.05) is 0 Å². The van der Waals surface area contributed by atoms with E-state index in [4.69, 9.17) is 4.42 Å². The average Bonchev–Trinajstić information content (AvgIpc) is 3.70. The van der Waals surface area contributed by atoms with Gasteiger partial charge < -0.3 is 4.42 Å². The van der Waals surface area contributed by atoms with E-state index in [0.717, 1.165) is 62.2 Å². The van der Waals surface area contributed by atoms with Crippen LogP contribution in [0.3, 0.4) is 0 Å². The zero-order valence-corrected chi connectivity index (χ0v) is 27.1. The lowest BCUT2D eigenvalue weighted by molar-refractivity contribution is -0.660. The number of benzene rings is 4. The number of nitrogens with zero attached hydrogens (tertiary/aromatic N) is 2. The molecular formula is C42H41N2O+. The first kappa shape index (κ1) is 29.1. The number of nitriles is 1. The molecule has 1 fully saturated rings. The first-order valence-electron chi connectivity index (χ1n) is 16.3. The monoisotopic (exact) mass is 589 g/mol. The zero-order valence-electron chi connectivity index (χ0n) is 27.1. The van der Waals surface area contributed by atoms with E-state index in [9.17, 15) is 5.26 Å². The highest BCUT2D eigenvalue weighted by Crippen LogP contribution is 2.42. The summed E-state index contributed by atoms with van der Waals surface area (Å²) in [6.45, 7) is 8.98. The molecule has 0 spiro atoms. The van der Waals surface area contributed by atoms with Crippen molar-refractivity contribution in [3.8, 4) is 39.6 Å². The van der Waals surface area contributed by atoms with Crippen LogP contribution < -0.4 is 4.57 Å². The second-order valence-electron chi connectivity index (χ2n) is 14.2. The van der Waals surface area contributed by atoms with Gasteiger partial charge in [-0.15, -0.1) is 0 Å². The van der Waals surface area contributed by atoms with E-state index >= 15 is 0 Å². The largest absolute Gasteiger partial charge is 0.454 e. The Balaban J connectivity index is 1.33. The summed E-state index contributed by atoms with van der Waals surface area (Å²) in [6, 6.07) is 33.0. The summed E-state index contributed by atoms with van der Waals surface area (Å²) in [5.41, 5.74) is 12.8. The lowest BCUT2D eigenvalue weighted by Crippen LogP contribution is -2.31. The predicted molar refractivity (Wildman–Crippen MR) is 185 cm³/mol. The molecule has 1 aliphatic carbocycles. The fourth-order valence-corrected chi connectivity index (χ4v) is 7.32. The normalized spacial score (nSPS) is 14.0. The number of hydrogen-bond donors (Lipinski definition) is 0. The number of fused-ring (bicyclic) bond motifs is 3. The smallest absolute Gasteiger partial charge is 0.216 e. The maximum absolute atomic E-state index is 10.2. The Hall–Kier alpha value is -4.68. The lowest BCUT2D eigenvalue weighted by atomic mass is 9.87. The maximum Gasteiger partial charge on any atom is 0.216 e. The van der Waals surface area contributed by atoms with Gasteiger partial charge in [0.2, 0.25) is 5.69 Å². The fourth-order valence-electron chi connectivity index (χ4n) is 7.32. The van der Waals surface area contributed by atoms with Gasteiger partial charge in [-0.2, -0.15) is 5.26 Å². The lowest BCUT2D eigenvalue weighted by Gasteiger charge is -2.18. The number of pyridine rings is 1. The average molecular weight is 590 g/mol. The summed E-state index contributed by atoms with van der Waals surface area (Å²) >= 11 is 0. The molecule has 3 nitrogen and oxygen atoms in total. The molecule has 0 saturated heterocycles. The van der Waals surface area contributed by atoms with Crippen LogP contribution in [0.5, 0.6) is 0 Å². The molecule has 224 valence electrons. The molecule has 0 unspecified atom stereocenters. The van der Waals surface area contributed by atoms with Crippen LogP contribution >= 0.6 is 0 Å². The van der Waals surface area contributed by atoms with Crippen molar-refractivity contribution in [1.82, 2.24) is 0 Å². The Morgan fingerprint density at radius 3 is 2.02 bits per heavy atom. The van der Waals surface area contributed by atoms with E-state index in [1.807, 2.05) is 12.1 Å². The van der Waals surface area contributed by atoms with E-state index < -0.39 is 0 Å². The molecule has 3 heteroatoms. The first-order chi connectivity index (χ1) is 21.7. The van der Waals surface area contributed by atoms with Gasteiger partial charge in [-0.25, -0.2) is 4.57 Å². The third-order valence-electron chi connectivity index (χ3n) is 9.59. The highest BCUT2D eigenvalue weighted by atomic mass is 16.3. The van der Waals surface area contributed by atoms with Crippen LogP contribution in [-0.2, 0) is 13.5 Å². The summed E-state index contributed by atoms with van der Waals surface area (Å²) in [5, 5.41) is 12.3. The standard InChI is InChI=1S/C42H41N2O/c1-27-10-20-35-36-21-19-34(26-43)39(33-17-15-32(16-18-33)31-13-11-30(12-14-31)29-8-6-7-9-29)41(36)45-40(35)38(27)37-24-28(22-23-44(37)5)25-42(2,3)4/h10-24,29H,6-9,25H2,1-5H3/q+1. The molecule has 1 saturated carbocycles. The van der Waals surface area contributed by atoms with Gasteiger partial charge in [0.25, 0.3) is 0 Å². The highest BCUT2D eigenvalue weighted by molar-refractivity contribution is 6.14. The van der Waals surface area contributed by atoms with Crippen LogP contribution in [0.1, 0.15) is 74.6 Å². The van der Waals surface area contributed by atoms with E-state index in [-0.39, 0.29) is 5.41 Å². The van der Waals surface area contributed by atoms with Crippen LogP contribution in [0.25, 0.3) is 55.4 Å². The Labute approximate surface area is 266 Å². The molecule has 0 amide bonds. The van der Waals surface area contributed by atoms with Gasteiger partial charge in [0.1, 0.15) is 18.2 Å². The minimum absolute atomic E-state index is 0.189. The van der Waals surface area contributed by atoms with Crippen molar-refractivity contribution in [2.24, 2.45) is 12.5 Å². The molecule has 2 aromatic heterocycles. The van der Waals surface area contributed by atoms with E-state index in [2.05, 4.69) is 124 Å². The number of aryl methyl sites for hydroxylation is 2. The van der Waals surface area contributed by atoms with Crippen molar-refractivity contribution >= 4 is 21.9 Å². The van der Waals surface area contributed by atoms with Crippen LogP contribution in [-0.4, -0.2) is 0 Å². The summed E-state index contributed by atoms with van der Waals surface area (Å²) in [6.07, 6.45) is 8.46. The second kappa shape index (κ2) is 11.4. The van der Waals surface area contributed by atoms with Crippen LogP contribution in [0, 0.1) is 23.7 Å². The molecule has 6 aromatic rings. The summed E-state index contributed by atoms with van der Waals surface area (Å²) in [7, 11) is 2.10. The van der Waals surface area contributed by atoms with Gasteiger partial charge in [-0.1, -0.05) is 94.3 Å². The first-order valence-corrected chi connectivity index (χ1v) is 16.3. The number of aromatic nitrogens is 1. The zero-order chi connectivity index (χ0) is 31.3. The third-order valence-corrected chi connectivity index (χ3v) is 9.59. The van der Waals surface area contributed by atoms with E-state index in [1.165, 1.54) is 47.9 Å². The Morgan fingerprint density at radius 1 is 0.778 bits per heavy atom. The maximum atomic E-state index is 10.2. The molecule has 45 heavy (non-hydrogen) atoms. The minimum Gasteiger partial charge on any atom is -0.454 e. The van der Waals surface area contributed by atoms with Gasteiger partial charge in [0.15, 0.2) is 6.20 Å². The van der Waals surface area contributed by atoms with Gasteiger partial charge in [-0.05, 0) is 83.0 Å². The fraction of sp³-hybridized carbons (Fsp3) is 0.286. The van der Waals surface area contributed by atoms with Gasteiger partial charge in [0, 0.05) is 28.5 Å².